The average Bonchev–Trinajstić information content (AvgIpc) is 2.88. The van der Waals surface area contributed by atoms with Gasteiger partial charge in [-0.2, -0.15) is 0 Å². The average molecular weight is 330 g/mol. The molecule has 0 aromatic heterocycles. The van der Waals surface area contributed by atoms with Crippen LogP contribution >= 0.6 is 0 Å². The molecule has 4 heteroatoms. The Labute approximate surface area is 143 Å². The van der Waals surface area contributed by atoms with Gasteiger partial charge >= 0.3 is 5.97 Å². The summed E-state index contributed by atoms with van der Waals surface area (Å²) in [5.41, 5.74) is 0.912. The zero-order valence-corrected chi connectivity index (χ0v) is 14.5. The normalized spacial score (nSPS) is 44.2. The summed E-state index contributed by atoms with van der Waals surface area (Å²) >= 11 is 0. The zero-order valence-electron chi connectivity index (χ0n) is 14.5. The highest BCUT2D eigenvalue weighted by Gasteiger charge is 2.59. The number of hydrogen-bond acceptors (Lipinski definition) is 4. The van der Waals surface area contributed by atoms with E-state index in [0.29, 0.717) is 42.8 Å². The van der Waals surface area contributed by atoms with Crippen LogP contribution in [0, 0.1) is 35.0 Å². The van der Waals surface area contributed by atoms with E-state index in [1.807, 2.05) is 0 Å². The van der Waals surface area contributed by atoms with Gasteiger partial charge in [-0.3, -0.25) is 14.4 Å². The maximum atomic E-state index is 12.5. The molecule has 0 spiro atoms. The van der Waals surface area contributed by atoms with Crippen LogP contribution in [-0.4, -0.2) is 24.6 Å². The quantitative estimate of drug-likeness (QED) is 0.693. The number of allylic oxidation sites excluding steroid dienone is 1. The van der Waals surface area contributed by atoms with Gasteiger partial charge in [0.25, 0.3) is 0 Å². The highest BCUT2D eigenvalue weighted by molar-refractivity contribution is 5.92. The Morgan fingerprint density at radius 1 is 1.21 bits per heavy atom. The topological polar surface area (TPSA) is 60.4 Å². The standard InChI is InChI=1S/C20H26O4/c1-20-8-7-14-13-4-3-12(21)9-11(13)10-15(19(23)24-2)18(14)16(20)5-6-17(20)22/h9,13-16,18H,3-8,10H2,1-2H3/t13-,14+,15?,16-,18-,20-/m0/s1. The Hall–Kier alpha value is -1.45. The second-order valence-corrected chi connectivity index (χ2v) is 8.43. The number of Topliss-reactive ketones (excluding diaryl/α,β-unsaturated/α-hetero) is 1. The second-order valence-electron chi connectivity index (χ2n) is 8.43. The van der Waals surface area contributed by atoms with Gasteiger partial charge in [-0.25, -0.2) is 0 Å². The van der Waals surface area contributed by atoms with Crippen LogP contribution < -0.4 is 0 Å². The lowest BCUT2D eigenvalue weighted by atomic mass is 9.49. The zero-order chi connectivity index (χ0) is 17.1. The molecule has 1 unspecified atom stereocenters. The fourth-order valence-electron chi connectivity index (χ4n) is 6.40. The van der Waals surface area contributed by atoms with Gasteiger partial charge < -0.3 is 4.74 Å². The molecule has 0 bridgehead atoms. The SMILES string of the molecule is COC(=O)C1CC2=CC(=O)CC[C@@H]2[C@H]2CC[C@]3(C)C(=O)CC[C@H]3[C@H]12. The number of methoxy groups -OCH3 is 1. The number of ether oxygens (including phenoxy) is 1. The second kappa shape index (κ2) is 5.53. The molecule has 4 aliphatic carbocycles. The summed E-state index contributed by atoms with van der Waals surface area (Å²) in [6, 6.07) is 0. The lowest BCUT2D eigenvalue weighted by Crippen LogP contribution is -2.51. The van der Waals surface area contributed by atoms with Crippen LogP contribution in [0.1, 0.15) is 51.9 Å². The van der Waals surface area contributed by atoms with Crippen molar-refractivity contribution >= 4 is 17.5 Å². The monoisotopic (exact) mass is 330 g/mol. The van der Waals surface area contributed by atoms with E-state index in [0.717, 1.165) is 31.3 Å². The Bertz CT molecular complexity index is 634. The number of esters is 1. The lowest BCUT2D eigenvalue weighted by Gasteiger charge is -2.54. The highest BCUT2D eigenvalue weighted by Crippen LogP contribution is 2.62. The van der Waals surface area contributed by atoms with E-state index in [9.17, 15) is 14.4 Å². The fourth-order valence-corrected chi connectivity index (χ4v) is 6.40. The first-order chi connectivity index (χ1) is 11.5. The molecule has 24 heavy (non-hydrogen) atoms. The van der Waals surface area contributed by atoms with E-state index in [4.69, 9.17) is 4.74 Å². The molecule has 0 heterocycles. The fraction of sp³-hybridized carbons (Fsp3) is 0.750. The van der Waals surface area contributed by atoms with Crippen molar-refractivity contribution in [1.82, 2.24) is 0 Å². The Morgan fingerprint density at radius 2 is 2.00 bits per heavy atom. The van der Waals surface area contributed by atoms with E-state index in [2.05, 4.69) is 6.92 Å². The third-order valence-electron chi connectivity index (χ3n) is 7.56. The smallest absolute Gasteiger partial charge is 0.309 e. The summed E-state index contributed by atoms with van der Waals surface area (Å²) in [5.74, 6) is 1.61. The number of hydrogen-bond donors (Lipinski definition) is 0. The van der Waals surface area contributed by atoms with Crippen molar-refractivity contribution < 1.29 is 19.1 Å². The van der Waals surface area contributed by atoms with Gasteiger partial charge in [0.15, 0.2) is 5.78 Å². The first kappa shape index (κ1) is 16.0. The molecule has 0 aliphatic heterocycles. The molecule has 3 saturated carbocycles. The predicted molar refractivity (Wildman–Crippen MR) is 88.0 cm³/mol. The first-order valence-electron chi connectivity index (χ1n) is 9.30. The molecule has 130 valence electrons. The largest absolute Gasteiger partial charge is 0.469 e. The summed E-state index contributed by atoms with van der Waals surface area (Å²) in [5, 5.41) is 0. The van der Waals surface area contributed by atoms with Crippen LogP contribution in [0.5, 0.6) is 0 Å². The molecule has 0 aromatic carbocycles. The van der Waals surface area contributed by atoms with Gasteiger partial charge in [0.2, 0.25) is 0 Å². The highest BCUT2D eigenvalue weighted by atomic mass is 16.5. The summed E-state index contributed by atoms with van der Waals surface area (Å²) in [6.45, 7) is 2.12. The van der Waals surface area contributed by atoms with E-state index in [1.54, 1.807) is 6.08 Å². The Kier molecular flexibility index (Phi) is 3.70. The lowest BCUT2D eigenvalue weighted by molar-refractivity contribution is -0.156. The first-order valence-corrected chi connectivity index (χ1v) is 9.30. The van der Waals surface area contributed by atoms with Crippen molar-refractivity contribution in [2.45, 2.75) is 51.9 Å². The van der Waals surface area contributed by atoms with Crippen molar-refractivity contribution in [2.24, 2.45) is 35.0 Å². The Morgan fingerprint density at radius 3 is 2.75 bits per heavy atom. The van der Waals surface area contributed by atoms with Crippen LogP contribution in [0.3, 0.4) is 0 Å². The number of ketones is 2. The maximum Gasteiger partial charge on any atom is 0.309 e. The van der Waals surface area contributed by atoms with E-state index in [-0.39, 0.29) is 29.0 Å². The van der Waals surface area contributed by atoms with Crippen molar-refractivity contribution in [3.63, 3.8) is 0 Å². The van der Waals surface area contributed by atoms with Crippen LogP contribution in [0.4, 0.5) is 0 Å². The molecular weight excluding hydrogens is 304 g/mol. The molecule has 3 fully saturated rings. The molecule has 0 amide bonds. The molecule has 0 saturated heterocycles. The number of carbonyl (C=O) groups is 3. The number of fused-ring (bicyclic) bond motifs is 5. The predicted octanol–water partition coefficient (Wildman–Crippen LogP) is 3.10. The van der Waals surface area contributed by atoms with Crippen molar-refractivity contribution in [2.75, 3.05) is 7.11 Å². The number of rotatable bonds is 1. The molecule has 4 nitrogen and oxygen atoms in total. The van der Waals surface area contributed by atoms with Crippen LogP contribution in [0.2, 0.25) is 0 Å². The van der Waals surface area contributed by atoms with Crippen LogP contribution in [-0.2, 0) is 19.1 Å². The van der Waals surface area contributed by atoms with Crippen molar-refractivity contribution in [3.8, 4) is 0 Å². The van der Waals surface area contributed by atoms with E-state index in [1.165, 1.54) is 7.11 Å². The third-order valence-corrected chi connectivity index (χ3v) is 7.56. The molecule has 4 rings (SSSR count). The Balaban J connectivity index is 1.75. The van der Waals surface area contributed by atoms with Gasteiger partial charge in [0.05, 0.1) is 13.0 Å². The molecule has 0 N–H and O–H groups in total. The van der Waals surface area contributed by atoms with Crippen molar-refractivity contribution in [3.05, 3.63) is 11.6 Å². The summed E-state index contributed by atoms with van der Waals surface area (Å²) in [7, 11) is 1.45. The minimum atomic E-state index is -0.251. The number of carbonyl (C=O) groups excluding carboxylic acids is 3. The minimum absolute atomic E-state index is 0.161. The van der Waals surface area contributed by atoms with Gasteiger partial charge in [-0.05, 0) is 61.9 Å². The summed E-state index contributed by atoms with van der Waals surface area (Å²) in [6.07, 6.45) is 7.48. The molecule has 4 aliphatic rings. The van der Waals surface area contributed by atoms with Crippen LogP contribution in [0.25, 0.3) is 0 Å². The molecule has 0 aromatic rings. The summed E-state index contributed by atoms with van der Waals surface area (Å²) in [4.78, 5) is 36.9. The molecular formula is C20H26O4. The molecule has 0 radical (unpaired) electrons. The van der Waals surface area contributed by atoms with Gasteiger partial charge in [-0.15, -0.1) is 0 Å². The minimum Gasteiger partial charge on any atom is -0.469 e. The van der Waals surface area contributed by atoms with E-state index >= 15 is 0 Å². The summed E-state index contributed by atoms with van der Waals surface area (Å²) < 4.78 is 5.12. The van der Waals surface area contributed by atoms with Gasteiger partial charge in [0.1, 0.15) is 5.78 Å². The molecule has 6 atom stereocenters. The van der Waals surface area contributed by atoms with E-state index < -0.39 is 0 Å². The van der Waals surface area contributed by atoms with Gasteiger partial charge in [0, 0.05) is 18.3 Å². The third kappa shape index (κ3) is 2.14. The maximum absolute atomic E-state index is 12.5. The van der Waals surface area contributed by atoms with Crippen LogP contribution in [0.15, 0.2) is 11.6 Å². The van der Waals surface area contributed by atoms with Crippen molar-refractivity contribution in [1.29, 1.82) is 0 Å². The van der Waals surface area contributed by atoms with Gasteiger partial charge in [-0.1, -0.05) is 12.5 Å².